The summed E-state index contributed by atoms with van der Waals surface area (Å²) in [7, 11) is 0. The van der Waals surface area contributed by atoms with Gasteiger partial charge in [-0.2, -0.15) is 0 Å². The van der Waals surface area contributed by atoms with E-state index in [2.05, 4.69) is 15.3 Å². The van der Waals surface area contributed by atoms with Gasteiger partial charge in [0.2, 0.25) is 0 Å². The monoisotopic (exact) mass is 455 g/mol. The molecule has 0 saturated heterocycles. The molecule has 0 bridgehead atoms. The largest absolute Gasteiger partial charge is 0.476 e. The molecule has 2 aromatic rings. The summed E-state index contributed by atoms with van der Waals surface area (Å²) >= 11 is 2.44. The molecule has 0 aromatic carbocycles. The lowest BCUT2D eigenvalue weighted by molar-refractivity contribution is -0.157. The Bertz CT molecular complexity index is 923. The summed E-state index contributed by atoms with van der Waals surface area (Å²) in [6, 6.07) is -0.996. The van der Waals surface area contributed by atoms with Crippen LogP contribution in [0.3, 0.4) is 0 Å². The molecule has 164 valence electrons. The molecule has 30 heavy (non-hydrogen) atoms. The summed E-state index contributed by atoms with van der Waals surface area (Å²) in [5, 5.41) is 15.7. The van der Waals surface area contributed by atoms with Crippen LogP contribution >= 0.6 is 22.7 Å². The predicted octanol–water partition coefficient (Wildman–Crippen LogP) is 3.74. The lowest BCUT2D eigenvalue weighted by Gasteiger charge is -2.25. The van der Waals surface area contributed by atoms with Gasteiger partial charge in [0.25, 0.3) is 0 Å². The van der Waals surface area contributed by atoms with Crippen LogP contribution in [0.5, 0.6) is 0 Å². The number of carbonyl (C=O) groups excluding carboxylic acids is 2. The zero-order valence-electron chi connectivity index (χ0n) is 17.6. The van der Waals surface area contributed by atoms with E-state index in [0.717, 1.165) is 0 Å². The van der Waals surface area contributed by atoms with Crippen LogP contribution in [-0.4, -0.2) is 50.4 Å². The number of aromatic carboxylic acids is 1. The van der Waals surface area contributed by atoms with Gasteiger partial charge in [-0.25, -0.2) is 24.4 Å². The third-order valence-corrected chi connectivity index (χ3v) is 4.99. The average Bonchev–Trinajstić information content (AvgIpc) is 3.19. The lowest BCUT2D eigenvalue weighted by atomic mass is 10.1. The van der Waals surface area contributed by atoms with E-state index in [1.807, 2.05) is 0 Å². The maximum atomic E-state index is 12.6. The van der Waals surface area contributed by atoms with E-state index >= 15 is 0 Å². The molecule has 0 spiro atoms. The first kappa shape index (κ1) is 23.7. The van der Waals surface area contributed by atoms with Crippen LogP contribution in [0.4, 0.5) is 4.79 Å². The van der Waals surface area contributed by atoms with Crippen LogP contribution in [0.25, 0.3) is 10.7 Å². The zero-order chi connectivity index (χ0) is 22.7. The minimum absolute atomic E-state index is 0.0530. The first-order chi connectivity index (χ1) is 13.7. The van der Waals surface area contributed by atoms with E-state index in [1.54, 1.807) is 46.9 Å². The van der Waals surface area contributed by atoms with Crippen LogP contribution in [0.2, 0.25) is 0 Å². The molecule has 0 radical (unpaired) electrons. The van der Waals surface area contributed by atoms with E-state index < -0.39 is 35.3 Å². The second-order valence-electron chi connectivity index (χ2n) is 8.41. The van der Waals surface area contributed by atoms with Crippen molar-refractivity contribution in [3.8, 4) is 10.7 Å². The fraction of sp³-hybridized carbons (Fsp3) is 0.526. The number of rotatable bonds is 6. The average molecular weight is 456 g/mol. The number of aromatic nitrogens is 2. The van der Waals surface area contributed by atoms with Crippen LogP contribution in [-0.2, 0) is 20.7 Å². The Balaban J connectivity index is 2.18. The van der Waals surface area contributed by atoms with Crippen LogP contribution < -0.4 is 5.32 Å². The Morgan fingerprint density at radius 1 is 1.03 bits per heavy atom. The Labute approximate surface area is 182 Å². The van der Waals surface area contributed by atoms with Gasteiger partial charge in [0.05, 0.1) is 5.01 Å². The van der Waals surface area contributed by atoms with E-state index in [0.29, 0.717) is 15.7 Å². The minimum Gasteiger partial charge on any atom is -0.476 e. The number of alkyl carbamates (subject to hydrolysis) is 1. The van der Waals surface area contributed by atoms with Gasteiger partial charge < -0.3 is 19.9 Å². The van der Waals surface area contributed by atoms with E-state index in [1.165, 1.54) is 28.1 Å². The molecule has 1 atom stereocenters. The topological polar surface area (TPSA) is 128 Å². The summed E-state index contributed by atoms with van der Waals surface area (Å²) < 4.78 is 10.7. The molecule has 2 N–H and O–H groups in total. The third kappa shape index (κ3) is 7.38. The Hall–Kier alpha value is -2.53. The Morgan fingerprint density at radius 2 is 1.67 bits per heavy atom. The Morgan fingerprint density at radius 3 is 2.20 bits per heavy atom. The molecule has 0 aliphatic rings. The number of hydrogen-bond acceptors (Lipinski definition) is 9. The van der Waals surface area contributed by atoms with Crippen molar-refractivity contribution in [2.45, 2.75) is 65.2 Å². The zero-order valence-corrected chi connectivity index (χ0v) is 19.3. The number of hydrogen-bond donors (Lipinski definition) is 2. The highest BCUT2D eigenvalue weighted by molar-refractivity contribution is 7.14. The van der Waals surface area contributed by atoms with Crippen molar-refractivity contribution in [2.24, 2.45) is 0 Å². The molecule has 2 heterocycles. The fourth-order valence-electron chi connectivity index (χ4n) is 2.18. The highest BCUT2D eigenvalue weighted by Crippen LogP contribution is 2.26. The summed E-state index contributed by atoms with van der Waals surface area (Å²) in [5.41, 5.74) is -0.994. The number of amides is 1. The number of nitrogens with zero attached hydrogens (tertiary/aromatic N) is 2. The third-order valence-electron chi connectivity index (χ3n) is 3.26. The van der Waals surface area contributed by atoms with Gasteiger partial charge in [-0.3, -0.25) is 0 Å². The number of nitrogens with one attached hydrogen (secondary N) is 1. The number of esters is 1. The maximum Gasteiger partial charge on any atom is 0.408 e. The standard InChI is InChI=1S/C19H25N3O6S2/c1-18(2,3)27-16(25)10(22-17(26)28-19(4,5)6)7-13-20-11(8-29-13)14-21-12(9-30-14)15(23)24/h8-10H,7H2,1-6H3,(H,22,26)(H,23,24)/t10-/m0/s1. The smallest absolute Gasteiger partial charge is 0.408 e. The normalized spacial score (nSPS) is 12.9. The number of ether oxygens (including phenoxy) is 2. The van der Waals surface area contributed by atoms with Crippen molar-refractivity contribution in [3.05, 3.63) is 21.5 Å². The summed E-state index contributed by atoms with van der Waals surface area (Å²) in [6.45, 7) is 10.4. The second-order valence-corrected chi connectivity index (χ2v) is 10.2. The molecule has 0 aliphatic heterocycles. The van der Waals surface area contributed by atoms with Crippen molar-refractivity contribution in [1.82, 2.24) is 15.3 Å². The summed E-state index contributed by atoms with van der Waals surface area (Å²) in [5.74, 6) is -1.72. The molecular weight excluding hydrogens is 430 g/mol. The predicted molar refractivity (Wildman–Crippen MR) is 113 cm³/mol. The maximum absolute atomic E-state index is 12.6. The molecule has 2 rings (SSSR count). The van der Waals surface area contributed by atoms with Gasteiger partial charge in [0, 0.05) is 17.2 Å². The molecule has 0 fully saturated rings. The fourth-order valence-corrected chi connectivity index (χ4v) is 3.84. The van der Waals surface area contributed by atoms with Crippen LogP contribution in [0.15, 0.2) is 10.8 Å². The van der Waals surface area contributed by atoms with Gasteiger partial charge in [0.1, 0.15) is 27.9 Å². The first-order valence-electron chi connectivity index (χ1n) is 9.09. The van der Waals surface area contributed by atoms with Crippen molar-refractivity contribution in [3.63, 3.8) is 0 Å². The summed E-state index contributed by atoms with van der Waals surface area (Å²) in [4.78, 5) is 44.3. The number of carboxylic acid groups (broad SMARTS) is 1. The molecule has 0 unspecified atom stereocenters. The SMILES string of the molecule is CC(C)(C)OC(=O)N[C@@H](Cc1nc(-c2nc(C(=O)O)cs2)cs1)C(=O)OC(C)(C)C. The van der Waals surface area contributed by atoms with Gasteiger partial charge in [-0.1, -0.05) is 0 Å². The molecule has 0 saturated carbocycles. The quantitative estimate of drug-likeness (QED) is 0.631. The van der Waals surface area contributed by atoms with E-state index in [-0.39, 0.29) is 12.1 Å². The molecule has 9 nitrogen and oxygen atoms in total. The number of carboxylic acids is 1. The molecule has 2 aromatic heterocycles. The van der Waals surface area contributed by atoms with Gasteiger partial charge in [-0.15, -0.1) is 22.7 Å². The van der Waals surface area contributed by atoms with E-state index in [9.17, 15) is 14.4 Å². The number of thiazole rings is 2. The van der Waals surface area contributed by atoms with Crippen molar-refractivity contribution < 1.29 is 29.0 Å². The molecular formula is C19H25N3O6S2. The summed E-state index contributed by atoms with van der Waals surface area (Å²) in [6.07, 6.45) is -0.642. The number of carbonyl (C=O) groups is 3. The lowest BCUT2D eigenvalue weighted by Crippen LogP contribution is -2.47. The van der Waals surface area contributed by atoms with Gasteiger partial charge in [-0.05, 0) is 41.5 Å². The second kappa shape index (κ2) is 9.09. The highest BCUT2D eigenvalue weighted by atomic mass is 32.1. The van der Waals surface area contributed by atoms with Gasteiger partial charge >= 0.3 is 18.0 Å². The van der Waals surface area contributed by atoms with E-state index in [4.69, 9.17) is 14.6 Å². The van der Waals surface area contributed by atoms with Crippen LogP contribution in [0.1, 0.15) is 57.0 Å². The van der Waals surface area contributed by atoms with Crippen LogP contribution in [0, 0.1) is 0 Å². The van der Waals surface area contributed by atoms with Gasteiger partial charge in [0.15, 0.2) is 5.69 Å². The first-order valence-corrected chi connectivity index (χ1v) is 10.9. The van der Waals surface area contributed by atoms with Crippen molar-refractivity contribution >= 4 is 40.7 Å². The Kier molecular flexibility index (Phi) is 7.19. The highest BCUT2D eigenvalue weighted by Gasteiger charge is 2.30. The molecule has 0 aliphatic carbocycles. The minimum atomic E-state index is -1.11. The molecule has 11 heteroatoms. The molecule has 1 amide bonds. The van der Waals surface area contributed by atoms with Crippen molar-refractivity contribution in [2.75, 3.05) is 0 Å². The van der Waals surface area contributed by atoms with Crippen molar-refractivity contribution in [1.29, 1.82) is 0 Å².